The van der Waals surface area contributed by atoms with Crippen molar-refractivity contribution < 1.29 is 4.79 Å². The van der Waals surface area contributed by atoms with Crippen LogP contribution < -0.4 is 5.73 Å². The Balaban J connectivity index is 1.91. The number of hydrogen-bond acceptors (Lipinski definition) is 3. The maximum Gasteiger partial charge on any atom is 0.265 e. The van der Waals surface area contributed by atoms with Crippen molar-refractivity contribution in [3.8, 4) is 0 Å². The lowest BCUT2D eigenvalue weighted by molar-refractivity contribution is 0.0227. The average Bonchev–Trinajstić information content (AvgIpc) is 2.79. The third-order valence-corrected chi connectivity index (χ3v) is 7.92. The van der Waals surface area contributed by atoms with E-state index in [2.05, 4.69) is 31.9 Å². The summed E-state index contributed by atoms with van der Waals surface area (Å²) in [5.74, 6) is 0.749. The van der Waals surface area contributed by atoms with Crippen molar-refractivity contribution in [2.75, 3.05) is 13.1 Å². The summed E-state index contributed by atoms with van der Waals surface area (Å²) in [7, 11) is 0. The Bertz CT molecular complexity index is 500. The smallest absolute Gasteiger partial charge is 0.265 e. The van der Waals surface area contributed by atoms with Crippen LogP contribution >= 0.6 is 43.2 Å². The van der Waals surface area contributed by atoms with Crippen LogP contribution in [0.5, 0.6) is 0 Å². The van der Waals surface area contributed by atoms with Gasteiger partial charge >= 0.3 is 0 Å². The van der Waals surface area contributed by atoms with Gasteiger partial charge in [0.25, 0.3) is 5.91 Å². The second-order valence-corrected chi connectivity index (χ2v) is 7.54. The third kappa shape index (κ3) is 1.65. The Hall–Kier alpha value is 0.0900. The molecule has 3 rings (SSSR count). The molecule has 1 saturated heterocycles. The molecule has 0 radical (unpaired) electrons. The molecule has 1 aromatic heterocycles. The Morgan fingerprint density at radius 3 is 2.83 bits per heavy atom. The number of likely N-dealkylation sites (tertiary alicyclic amines) is 1. The number of carbonyl (C=O) groups excluding carboxylic acids is 1. The van der Waals surface area contributed by atoms with Gasteiger partial charge in [0.05, 0.1) is 10.0 Å². The van der Waals surface area contributed by atoms with E-state index < -0.39 is 0 Å². The zero-order valence-electron chi connectivity index (χ0n) is 9.79. The number of thiophene rings is 1. The maximum atomic E-state index is 12.7. The normalized spacial score (nSPS) is 30.2. The lowest BCUT2D eigenvalue weighted by atomic mass is 9.67. The highest BCUT2D eigenvalue weighted by Gasteiger charge is 2.55. The monoisotopic (exact) mass is 392 g/mol. The van der Waals surface area contributed by atoms with Gasteiger partial charge in [-0.25, -0.2) is 0 Å². The number of nitrogens with zero attached hydrogens (tertiary/aromatic N) is 1. The summed E-state index contributed by atoms with van der Waals surface area (Å²) in [6.07, 6.45) is 3.38. The predicted molar refractivity (Wildman–Crippen MR) is 79.9 cm³/mol. The van der Waals surface area contributed by atoms with E-state index in [-0.39, 0.29) is 11.4 Å². The molecule has 3 nitrogen and oxygen atoms in total. The predicted octanol–water partition coefficient (Wildman–Crippen LogP) is 3.23. The summed E-state index contributed by atoms with van der Waals surface area (Å²) in [4.78, 5) is 15.5. The van der Waals surface area contributed by atoms with Gasteiger partial charge in [-0.1, -0.05) is 0 Å². The molecule has 1 aliphatic carbocycles. The molecule has 18 heavy (non-hydrogen) atoms. The van der Waals surface area contributed by atoms with Gasteiger partial charge < -0.3 is 10.6 Å². The van der Waals surface area contributed by atoms with Crippen molar-refractivity contribution in [3.05, 3.63) is 19.2 Å². The van der Waals surface area contributed by atoms with Crippen molar-refractivity contribution in [2.24, 2.45) is 11.7 Å². The summed E-state index contributed by atoms with van der Waals surface area (Å²) in [6, 6.07) is 0. The van der Waals surface area contributed by atoms with E-state index in [1.807, 2.05) is 10.3 Å². The van der Waals surface area contributed by atoms with Crippen LogP contribution in [0.2, 0.25) is 0 Å². The van der Waals surface area contributed by atoms with Crippen LogP contribution in [0.4, 0.5) is 0 Å². The van der Waals surface area contributed by atoms with E-state index in [9.17, 15) is 4.79 Å². The Kier molecular flexibility index (Phi) is 3.33. The number of amides is 1. The highest BCUT2D eigenvalue weighted by Crippen LogP contribution is 2.50. The fraction of sp³-hybridized carbons (Fsp3) is 0.583. The van der Waals surface area contributed by atoms with Gasteiger partial charge in [0.1, 0.15) is 4.88 Å². The van der Waals surface area contributed by atoms with E-state index in [0.29, 0.717) is 12.5 Å². The Labute approximate surface area is 127 Å². The van der Waals surface area contributed by atoms with Gasteiger partial charge in [-0.05, 0) is 57.0 Å². The molecule has 1 aliphatic heterocycles. The first-order valence-corrected chi connectivity index (χ1v) is 8.51. The summed E-state index contributed by atoms with van der Waals surface area (Å²) >= 11 is 8.39. The minimum Gasteiger partial charge on any atom is -0.331 e. The number of halogens is 2. The first-order chi connectivity index (χ1) is 8.60. The van der Waals surface area contributed by atoms with E-state index in [4.69, 9.17) is 5.73 Å². The minimum absolute atomic E-state index is 0.0486. The molecule has 1 aromatic rings. The van der Waals surface area contributed by atoms with Crippen LogP contribution in [0.25, 0.3) is 0 Å². The molecule has 2 N–H and O–H groups in total. The van der Waals surface area contributed by atoms with Crippen molar-refractivity contribution in [1.82, 2.24) is 4.90 Å². The van der Waals surface area contributed by atoms with Crippen molar-refractivity contribution in [1.29, 1.82) is 0 Å². The highest BCUT2D eigenvalue weighted by molar-refractivity contribution is 9.13. The molecule has 0 aromatic carbocycles. The number of rotatable bonds is 2. The molecule has 2 atom stereocenters. The Morgan fingerprint density at radius 1 is 1.56 bits per heavy atom. The lowest BCUT2D eigenvalue weighted by Crippen LogP contribution is -2.60. The van der Waals surface area contributed by atoms with Gasteiger partial charge in [0, 0.05) is 22.9 Å². The molecule has 2 fully saturated rings. The average molecular weight is 394 g/mol. The largest absolute Gasteiger partial charge is 0.331 e. The van der Waals surface area contributed by atoms with E-state index in [1.54, 1.807) is 0 Å². The topological polar surface area (TPSA) is 46.3 Å². The first kappa shape index (κ1) is 13.1. The Morgan fingerprint density at radius 2 is 2.33 bits per heavy atom. The molecule has 6 heteroatoms. The van der Waals surface area contributed by atoms with Gasteiger partial charge in [-0.3, -0.25) is 4.79 Å². The van der Waals surface area contributed by atoms with Crippen molar-refractivity contribution in [3.63, 3.8) is 0 Å². The number of hydrogen-bond donors (Lipinski definition) is 1. The summed E-state index contributed by atoms with van der Waals surface area (Å²) in [5.41, 5.74) is 5.90. The first-order valence-electron chi connectivity index (χ1n) is 6.04. The van der Waals surface area contributed by atoms with Crippen LogP contribution in [0.1, 0.15) is 28.9 Å². The SMILES string of the molecule is NCC12CCC1CCN2C(=O)c1scc(Br)c1Br. The second kappa shape index (κ2) is 4.58. The summed E-state index contributed by atoms with van der Waals surface area (Å²) in [6.45, 7) is 1.44. The second-order valence-electron chi connectivity index (χ2n) is 5.02. The molecular formula is C12H14Br2N2OS. The van der Waals surface area contributed by atoms with Crippen molar-refractivity contribution in [2.45, 2.75) is 24.8 Å². The molecule has 0 bridgehead atoms. The lowest BCUT2D eigenvalue weighted by Gasteiger charge is -2.49. The number of fused-ring (bicyclic) bond motifs is 1. The van der Waals surface area contributed by atoms with Crippen LogP contribution in [0.15, 0.2) is 14.3 Å². The molecule has 2 aliphatic rings. The molecule has 2 heterocycles. The maximum absolute atomic E-state index is 12.7. The highest BCUT2D eigenvalue weighted by atomic mass is 79.9. The zero-order valence-corrected chi connectivity index (χ0v) is 13.8. The molecule has 1 saturated carbocycles. The van der Waals surface area contributed by atoms with Crippen LogP contribution in [-0.2, 0) is 0 Å². The molecule has 0 spiro atoms. The fourth-order valence-corrected chi connectivity index (χ4v) is 5.32. The zero-order chi connectivity index (χ0) is 12.9. The van der Waals surface area contributed by atoms with Crippen LogP contribution in [-0.4, -0.2) is 29.4 Å². The van der Waals surface area contributed by atoms with Gasteiger partial charge in [0.2, 0.25) is 0 Å². The third-order valence-electron chi connectivity index (χ3n) is 4.41. The van der Waals surface area contributed by atoms with E-state index in [1.165, 1.54) is 17.8 Å². The number of carbonyl (C=O) groups is 1. The summed E-state index contributed by atoms with van der Waals surface area (Å²) in [5, 5.41) is 1.95. The number of nitrogens with two attached hydrogens (primary N) is 1. The molecule has 2 unspecified atom stereocenters. The quantitative estimate of drug-likeness (QED) is 0.838. The van der Waals surface area contributed by atoms with E-state index in [0.717, 1.165) is 33.2 Å². The van der Waals surface area contributed by atoms with E-state index >= 15 is 0 Å². The van der Waals surface area contributed by atoms with Crippen molar-refractivity contribution >= 4 is 49.1 Å². The fourth-order valence-electron chi connectivity index (χ4n) is 3.23. The molecule has 1 amide bonds. The van der Waals surface area contributed by atoms with Gasteiger partial charge in [-0.15, -0.1) is 11.3 Å². The van der Waals surface area contributed by atoms with Gasteiger partial charge in [-0.2, -0.15) is 0 Å². The molecule has 98 valence electrons. The standard InChI is InChI=1S/C12H14Br2N2OS/c13-8-5-18-10(9(8)14)11(17)16-4-2-7-1-3-12(7,16)6-15/h5,7H,1-4,6,15H2. The van der Waals surface area contributed by atoms with Gasteiger partial charge in [0.15, 0.2) is 0 Å². The summed E-state index contributed by atoms with van der Waals surface area (Å²) < 4.78 is 1.81. The van der Waals surface area contributed by atoms with Crippen LogP contribution in [0.3, 0.4) is 0 Å². The van der Waals surface area contributed by atoms with Crippen LogP contribution in [0, 0.1) is 5.92 Å². The minimum atomic E-state index is -0.0486. The molecular weight excluding hydrogens is 380 g/mol.